The normalized spacial score (nSPS) is 25.1. The van der Waals surface area contributed by atoms with E-state index in [9.17, 15) is 15.0 Å². The minimum Gasteiger partial charge on any atom is -0.369 e. The van der Waals surface area contributed by atoms with E-state index in [1.807, 2.05) is 13.8 Å². The number of hydrogen-bond acceptors (Lipinski definition) is 7. The third-order valence-electron chi connectivity index (χ3n) is 3.99. The Kier molecular flexibility index (Phi) is 8.10. The van der Waals surface area contributed by atoms with E-state index in [0.29, 0.717) is 12.0 Å². The van der Waals surface area contributed by atoms with Gasteiger partial charge in [-0.2, -0.15) is 0 Å². The number of carbonyl (C=O) groups excluding carboxylic acids is 1. The zero-order valence-corrected chi connectivity index (χ0v) is 14.0. The number of hydrogen-bond donors (Lipinski definition) is 6. The monoisotopic (exact) mass is 330 g/mol. The number of carbonyl (C=O) groups is 1. The molecule has 0 aromatic heterocycles. The lowest BCUT2D eigenvalue weighted by molar-refractivity contribution is -0.121. The average molecular weight is 330 g/mol. The Morgan fingerprint density at radius 2 is 2.00 bits per heavy atom. The van der Waals surface area contributed by atoms with Crippen LogP contribution in [0, 0.1) is 0 Å². The maximum atomic E-state index is 11.6. The second-order valence-corrected chi connectivity index (χ2v) is 5.88. The summed E-state index contributed by atoms with van der Waals surface area (Å²) in [5.41, 5.74) is 11.6. The lowest BCUT2D eigenvalue weighted by Gasteiger charge is -2.40. The lowest BCUT2D eigenvalue weighted by atomic mass is 9.87. The molecule has 3 unspecified atom stereocenters. The molecule has 0 saturated heterocycles. The summed E-state index contributed by atoms with van der Waals surface area (Å²) in [6.45, 7) is 5.45. The van der Waals surface area contributed by atoms with Gasteiger partial charge in [-0.05, 0) is 30.9 Å². The van der Waals surface area contributed by atoms with Gasteiger partial charge in [0.25, 0.3) is 0 Å². The Balaban J connectivity index is 3.08. The van der Waals surface area contributed by atoms with Gasteiger partial charge in [0, 0.05) is 13.0 Å². The number of aliphatic hydroxyl groups is 2. The van der Waals surface area contributed by atoms with Crippen molar-refractivity contribution in [3.63, 3.8) is 0 Å². The predicted molar refractivity (Wildman–Crippen MR) is 86.9 cm³/mol. The topological polar surface area (TPSA) is 143 Å². The Morgan fingerprint density at radius 1 is 1.39 bits per heavy atom. The molecule has 0 bridgehead atoms. The van der Waals surface area contributed by atoms with Crippen LogP contribution >= 0.6 is 0 Å². The van der Waals surface area contributed by atoms with Gasteiger partial charge in [-0.3, -0.25) is 10.1 Å². The van der Waals surface area contributed by atoms with Crippen LogP contribution in [0.15, 0.2) is 11.6 Å². The molecule has 0 spiro atoms. The van der Waals surface area contributed by atoms with Gasteiger partial charge in [-0.15, -0.1) is 0 Å². The highest BCUT2D eigenvalue weighted by Gasteiger charge is 2.37. The highest BCUT2D eigenvalue weighted by Crippen LogP contribution is 2.25. The second kappa shape index (κ2) is 9.31. The van der Waals surface area contributed by atoms with Crippen LogP contribution in [0.25, 0.3) is 0 Å². The van der Waals surface area contributed by atoms with Crippen molar-refractivity contribution < 1.29 is 19.7 Å². The van der Waals surface area contributed by atoms with E-state index in [2.05, 4.69) is 10.6 Å². The van der Waals surface area contributed by atoms with E-state index in [4.69, 9.17) is 16.2 Å². The van der Waals surface area contributed by atoms with Crippen LogP contribution in [0.3, 0.4) is 0 Å². The number of nitrogens with two attached hydrogens (primary N) is 2. The fourth-order valence-corrected chi connectivity index (χ4v) is 2.84. The van der Waals surface area contributed by atoms with Crippen molar-refractivity contribution in [2.75, 3.05) is 0 Å². The first-order valence-corrected chi connectivity index (χ1v) is 8.04. The van der Waals surface area contributed by atoms with Crippen LogP contribution in [0.2, 0.25) is 0 Å². The highest BCUT2D eigenvalue weighted by molar-refractivity contribution is 5.73. The average Bonchev–Trinajstić information content (AvgIpc) is 2.46. The number of rotatable bonds is 8. The van der Waals surface area contributed by atoms with Crippen LogP contribution in [0.5, 0.6) is 0 Å². The van der Waals surface area contributed by atoms with Crippen molar-refractivity contribution in [2.24, 2.45) is 11.5 Å². The van der Waals surface area contributed by atoms with Crippen LogP contribution in [0.1, 0.15) is 40.0 Å². The number of ether oxygens (including phenoxy) is 1. The Labute approximate surface area is 137 Å². The summed E-state index contributed by atoms with van der Waals surface area (Å²) in [6, 6.07) is -0.759. The van der Waals surface area contributed by atoms with Crippen LogP contribution in [-0.4, -0.2) is 53.0 Å². The quantitative estimate of drug-likeness (QED) is 0.244. The molecule has 1 aliphatic rings. The van der Waals surface area contributed by atoms with Gasteiger partial charge in [-0.25, -0.2) is 0 Å². The molecule has 0 aromatic rings. The Hall–Kier alpha value is -1.03. The lowest BCUT2D eigenvalue weighted by Crippen LogP contribution is -2.63. The molecule has 23 heavy (non-hydrogen) atoms. The molecule has 8 nitrogen and oxygen atoms in total. The molecule has 0 radical (unpaired) electrons. The standard InChI is InChI=1S/C15H30N4O4/c1-4-10(5-2)23-12-7-9(14(21)22)6-11(19-15(16)17)13(12)18-8(3)20/h7,10-15,19,21-22H,4-6,16-17H2,1-3H3,(H,18,20). The van der Waals surface area contributed by atoms with Gasteiger partial charge in [0.15, 0.2) is 6.29 Å². The summed E-state index contributed by atoms with van der Waals surface area (Å²) in [4.78, 5) is 11.6. The molecule has 3 atom stereocenters. The summed E-state index contributed by atoms with van der Waals surface area (Å²) >= 11 is 0. The maximum absolute atomic E-state index is 11.6. The molecule has 1 amide bonds. The summed E-state index contributed by atoms with van der Waals surface area (Å²) < 4.78 is 6.06. The largest absolute Gasteiger partial charge is 0.369 e. The van der Waals surface area contributed by atoms with Gasteiger partial charge in [0.05, 0.1) is 18.2 Å². The maximum Gasteiger partial charge on any atom is 0.217 e. The van der Waals surface area contributed by atoms with Crippen molar-refractivity contribution >= 4 is 5.91 Å². The minimum atomic E-state index is -1.58. The third kappa shape index (κ3) is 6.17. The molecule has 0 heterocycles. The van der Waals surface area contributed by atoms with Crippen LogP contribution in [0.4, 0.5) is 0 Å². The molecule has 8 heteroatoms. The molecule has 0 fully saturated rings. The fourth-order valence-electron chi connectivity index (χ4n) is 2.84. The smallest absolute Gasteiger partial charge is 0.217 e. The summed E-state index contributed by atoms with van der Waals surface area (Å²) in [5.74, 6) is -0.202. The first kappa shape index (κ1) is 20.0. The molecule has 0 aromatic carbocycles. The van der Waals surface area contributed by atoms with Crippen molar-refractivity contribution in [3.05, 3.63) is 11.6 Å². The molecule has 8 N–H and O–H groups in total. The Morgan fingerprint density at radius 3 is 2.43 bits per heavy atom. The molecule has 0 aliphatic heterocycles. The number of aliphatic hydroxyl groups excluding tert-OH is 1. The van der Waals surface area contributed by atoms with E-state index in [1.54, 1.807) is 6.08 Å². The van der Waals surface area contributed by atoms with Crippen molar-refractivity contribution in [3.8, 4) is 0 Å². The third-order valence-corrected chi connectivity index (χ3v) is 3.99. The molecule has 1 aliphatic carbocycles. The van der Waals surface area contributed by atoms with Gasteiger partial charge >= 0.3 is 0 Å². The highest BCUT2D eigenvalue weighted by atomic mass is 16.5. The fraction of sp³-hybridized carbons (Fsp3) is 0.800. The first-order chi connectivity index (χ1) is 10.8. The summed E-state index contributed by atoms with van der Waals surface area (Å²) in [7, 11) is 0. The molecule has 1 rings (SSSR count). The van der Waals surface area contributed by atoms with E-state index in [0.717, 1.165) is 12.8 Å². The van der Waals surface area contributed by atoms with Crippen LogP contribution < -0.4 is 22.1 Å². The SMILES string of the molecule is CCC(CC)OC1C=C(C(O)O)CC(NC(N)N)C1NC(C)=O. The molecular formula is C15H30N4O4. The summed E-state index contributed by atoms with van der Waals surface area (Å²) in [6.07, 6.45) is 0.749. The zero-order chi connectivity index (χ0) is 17.6. The first-order valence-electron chi connectivity index (χ1n) is 8.04. The second-order valence-electron chi connectivity index (χ2n) is 5.88. The molecule has 134 valence electrons. The van der Waals surface area contributed by atoms with E-state index in [1.165, 1.54) is 6.92 Å². The number of amides is 1. The van der Waals surface area contributed by atoms with Crippen molar-refractivity contribution in [1.29, 1.82) is 0 Å². The molecule has 0 saturated carbocycles. The van der Waals surface area contributed by atoms with Gasteiger partial charge in [0.1, 0.15) is 6.29 Å². The van der Waals surface area contributed by atoms with Crippen molar-refractivity contribution in [2.45, 2.75) is 76.9 Å². The van der Waals surface area contributed by atoms with Gasteiger partial charge in [-0.1, -0.05) is 13.8 Å². The zero-order valence-electron chi connectivity index (χ0n) is 14.0. The van der Waals surface area contributed by atoms with E-state index < -0.39 is 24.7 Å². The van der Waals surface area contributed by atoms with Gasteiger partial charge in [0.2, 0.25) is 5.91 Å². The van der Waals surface area contributed by atoms with Crippen LogP contribution in [-0.2, 0) is 9.53 Å². The van der Waals surface area contributed by atoms with E-state index in [-0.39, 0.29) is 18.1 Å². The number of nitrogens with one attached hydrogen (secondary N) is 2. The molecular weight excluding hydrogens is 300 g/mol. The van der Waals surface area contributed by atoms with Crippen molar-refractivity contribution in [1.82, 2.24) is 10.6 Å². The Bertz CT molecular complexity index is 410. The minimum absolute atomic E-state index is 0.00916. The summed E-state index contributed by atoms with van der Waals surface area (Å²) in [5, 5.41) is 24.8. The van der Waals surface area contributed by atoms with Gasteiger partial charge < -0.3 is 31.7 Å². The predicted octanol–water partition coefficient (Wildman–Crippen LogP) is -1.14. The van der Waals surface area contributed by atoms with E-state index >= 15 is 0 Å².